The minimum absolute atomic E-state index is 0.0238. The normalized spacial score (nSPS) is 13.7. The minimum Gasteiger partial charge on any atom is -0.395 e. The molecule has 0 aromatic rings. The van der Waals surface area contributed by atoms with Gasteiger partial charge in [0, 0.05) is 7.26 Å². The average molecular weight is 310 g/mol. The minimum atomic E-state index is -0.808. The van der Waals surface area contributed by atoms with Crippen molar-refractivity contribution in [1.29, 1.82) is 0 Å². The first-order chi connectivity index (χ1) is 9.14. The number of alkyl halides is 1. The summed E-state index contributed by atoms with van der Waals surface area (Å²) < 4.78 is 0. The summed E-state index contributed by atoms with van der Waals surface area (Å²) >= 11 is 6.14. The molecule has 0 saturated carbocycles. The lowest BCUT2D eigenvalue weighted by Gasteiger charge is -2.28. The summed E-state index contributed by atoms with van der Waals surface area (Å²) in [6.07, 6.45) is 14.8. The molecule has 1 N–H and O–H groups in total. The molecular formula is C16H35ClOP+. The molecule has 3 heteroatoms. The summed E-state index contributed by atoms with van der Waals surface area (Å²) in [5, 5.41) is 9.12. The van der Waals surface area contributed by atoms with Crippen LogP contribution in [-0.4, -0.2) is 41.7 Å². The Kier molecular flexibility index (Phi) is 12.9. The quantitative estimate of drug-likeness (QED) is 0.357. The van der Waals surface area contributed by atoms with Gasteiger partial charge in [0.25, 0.3) is 0 Å². The third-order valence-corrected chi connectivity index (χ3v) is 9.43. The number of rotatable bonds is 13. The molecule has 0 amide bonds. The first-order valence-corrected chi connectivity index (χ1v) is 11.2. The van der Waals surface area contributed by atoms with E-state index in [9.17, 15) is 0 Å². The van der Waals surface area contributed by atoms with E-state index in [1.807, 2.05) is 0 Å². The third kappa shape index (κ3) is 9.27. The van der Waals surface area contributed by atoms with Crippen LogP contribution in [0.4, 0.5) is 0 Å². The van der Waals surface area contributed by atoms with Crippen molar-refractivity contribution in [3.63, 3.8) is 0 Å². The number of hydrogen-bond acceptors (Lipinski definition) is 1. The summed E-state index contributed by atoms with van der Waals surface area (Å²) in [5.41, 5.74) is 0. The van der Waals surface area contributed by atoms with E-state index < -0.39 is 7.26 Å². The van der Waals surface area contributed by atoms with Crippen molar-refractivity contribution in [1.82, 2.24) is 0 Å². The maximum absolute atomic E-state index is 9.14. The predicted molar refractivity (Wildman–Crippen MR) is 92.5 cm³/mol. The molecule has 0 radical (unpaired) electrons. The molecule has 1 nitrogen and oxygen atoms in total. The molecule has 0 heterocycles. The second-order valence-electron chi connectivity index (χ2n) is 5.87. The van der Waals surface area contributed by atoms with Crippen LogP contribution in [0.5, 0.6) is 0 Å². The zero-order valence-electron chi connectivity index (χ0n) is 13.3. The highest BCUT2D eigenvalue weighted by Crippen LogP contribution is 2.61. The molecule has 0 aliphatic heterocycles. The predicted octanol–water partition coefficient (Wildman–Crippen LogP) is 5.39. The molecule has 0 rings (SSSR count). The summed E-state index contributed by atoms with van der Waals surface area (Å²) in [4.78, 5) is 0. The lowest BCUT2D eigenvalue weighted by Crippen LogP contribution is -2.16. The van der Waals surface area contributed by atoms with E-state index >= 15 is 0 Å². The summed E-state index contributed by atoms with van der Waals surface area (Å²) in [6, 6.07) is 0. The van der Waals surface area contributed by atoms with E-state index in [0.29, 0.717) is 0 Å². The first kappa shape index (κ1) is 19.7. The van der Waals surface area contributed by atoms with Gasteiger partial charge < -0.3 is 5.11 Å². The van der Waals surface area contributed by atoms with E-state index in [2.05, 4.69) is 20.8 Å². The number of unbranched alkanes of at least 4 members (excludes halogenated alkanes) is 3. The van der Waals surface area contributed by atoms with Crippen molar-refractivity contribution in [3.8, 4) is 0 Å². The molecule has 1 atom stereocenters. The van der Waals surface area contributed by atoms with Gasteiger partial charge in [-0.15, -0.1) is 11.6 Å². The lowest BCUT2D eigenvalue weighted by molar-refractivity contribution is 0.290. The van der Waals surface area contributed by atoms with Gasteiger partial charge in [-0.2, -0.15) is 0 Å². The summed E-state index contributed by atoms with van der Waals surface area (Å²) in [6.45, 7) is 7.03. The Morgan fingerprint density at radius 2 is 1.26 bits per heavy atom. The number of aliphatic hydroxyl groups excluding tert-OH is 1. The molecule has 0 aromatic heterocycles. The monoisotopic (exact) mass is 309 g/mol. The Hall–Kier alpha value is 0.680. The van der Waals surface area contributed by atoms with Gasteiger partial charge in [0.1, 0.15) is 0 Å². The van der Waals surface area contributed by atoms with Crippen LogP contribution in [0, 0.1) is 0 Å². The van der Waals surface area contributed by atoms with E-state index in [-0.39, 0.29) is 12.0 Å². The molecular weight excluding hydrogens is 275 g/mol. The van der Waals surface area contributed by atoms with E-state index in [0.717, 1.165) is 6.42 Å². The van der Waals surface area contributed by atoms with Gasteiger partial charge >= 0.3 is 0 Å². The molecule has 19 heavy (non-hydrogen) atoms. The van der Waals surface area contributed by atoms with Crippen molar-refractivity contribution in [2.75, 3.05) is 31.3 Å². The molecule has 1 unspecified atom stereocenters. The van der Waals surface area contributed by atoms with Gasteiger partial charge in [-0.05, 0) is 25.7 Å². The molecule has 0 fully saturated rings. The molecule has 0 aliphatic rings. The fourth-order valence-corrected chi connectivity index (χ4v) is 8.08. The first-order valence-electron chi connectivity index (χ1n) is 8.24. The number of aliphatic hydroxyl groups is 1. The molecule has 0 spiro atoms. The van der Waals surface area contributed by atoms with Gasteiger partial charge in [0.05, 0.1) is 36.6 Å². The largest absolute Gasteiger partial charge is 0.395 e. The van der Waals surface area contributed by atoms with Crippen molar-refractivity contribution < 1.29 is 5.11 Å². The average Bonchev–Trinajstić information content (AvgIpc) is 2.45. The number of halogens is 1. The van der Waals surface area contributed by atoms with Crippen LogP contribution in [0.1, 0.15) is 65.7 Å². The van der Waals surface area contributed by atoms with Crippen molar-refractivity contribution in [3.05, 3.63) is 0 Å². The third-order valence-electron chi connectivity index (χ3n) is 4.07. The molecule has 116 valence electrons. The maximum Gasteiger partial charge on any atom is 0.0609 e. The van der Waals surface area contributed by atoms with Crippen LogP contribution >= 0.6 is 18.9 Å². The Bertz CT molecular complexity index is 177. The van der Waals surface area contributed by atoms with Crippen LogP contribution in [0.2, 0.25) is 0 Å². The molecule has 0 bridgehead atoms. The van der Waals surface area contributed by atoms with Crippen LogP contribution in [0.25, 0.3) is 0 Å². The Morgan fingerprint density at radius 1 is 0.842 bits per heavy atom. The van der Waals surface area contributed by atoms with Crippen LogP contribution in [0.3, 0.4) is 0 Å². The van der Waals surface area contributed by atoms with Crippen molar-refractivity contribution in [2.45, 2.75) is 71.1 Å². The van der Waals surface area contributed by atoms with Gasteiger partial charge in [0.15, 0.2) is 0 Å². The van der Waals surface area contributed by atoms with E-state index in [1.54, 1.807) is 0 Å². The maximum atomic E-state index is 9.14. The lowest BCUT2D eigenvalue weighted by atomic mass is 10.3. The summed E-state index contributed by atoms with van der Waals surface area (Å²) in [7, 11) is -0.808. The highest BCUT2D eigenvalue weighted by atomic mass is 35.5. The smallest absolute Gasteiger partial charge is 0.0609 e. The highest BCUT2D eigenvalue weighted by molar-refractivity contribution is 7.75. The molecule has 0 aromatic carbocycles. The van der Waals surface area contributed by atoms with Crippen LogP contribution in [-0.2, 0) is 0 Å². The second kappa shape index (κ2) is 12.4. The Morgan fingerprint density at radius 3 is 1.58 bits per heavy atom. The second-order valence-corrected chi connectivity index (χ2v) is 11.0. The fraction of sp³-hybridized carbons (Fsp3) is 1.00. The van der Waals surface area contributed by atoms with Gasteiger partial charge in [-0.1, -0.05) is 40.0 Å². The van der Waals surface area contributed by atoms with Gasteiger partial charge in [-0.3, -0.25) is 0 Å². The standard InChI is InChI=1S/C16H35ClOP/c1-4-7-11-19(12-8-5-2,13-9-6-3)14-10-16(17)15-18/h16,18H,4-15H2,1-3H3/q+1. The summed E-state index contributed by atoms with van der Waals surface area (Å²) in [5.74, 6) is 0. The van der Waals surface area contributed by atoms with Gasteiger partial charge in [0.2, 0.25) is 0 Å². The van der Waals surface area contributed by atoms with Crippen LogP contribution in [0.15, 0.2) is 0 Å². The van der Waals surface area contributed by atoms with Gasteiger partial charge in [-0.25, -0.2) is 0 Å². The zero-order valence-corrected chi connectivity index (χ0v) is 15.0. The topological polar surface area (TPSA) is 20.2 Å². The van der Waals surface area contributed by atoms with Crippen molar-refractivity contribution >= 4 is 18.9 Å². The number of hydrogen-bond donors (Lipinski definition) is 1. The highest BCUT2D eigenvalue weighted by Gasteiger charge is 2.35. The van der Waals surface area contributed by atoms with E-state index in [4.69, 9.17) is 16.7 Å². The van der Waals surface area contributed by atoms with Crippen molar-refractivity contribution in [2.24, 2.45) is 0 Å². The zero-order chi connectivity index (χ0) is 14.6. The Labute approximate surface area is 126 Å². The van der Waals surface area contributed by atoms with E-state index in [1.165, 1.54) is 63.2 Å². The molecule has 0 aliphatic carbocycles. The molecule has 0 saturated heterocycles. The Balaban J connectivity index is 4.56. The van der Waals surface area contributed by atoms with Crippen LogP contribution < -0.4 is 0 Å². The fourth-order valence-electron chi connectivity index (χ4n) is 2.66. The SMILES string of the molecule is CCCC[P+](CCCC)(CCCC)CCC(Cl)CO.